The normalized spacial score (nSPS) is 20.5. The van der Waals surface area contributed by atoms with E-state index < -0.39 is 5.82 Å². The molecule has 4 heteroatoms. The van der Waals surface area contributed by atoms with Crippen LogP contribution in [0.3, 0.4) is 0 Å². The van der Waals surface area contributed by atoms with E-state index in [1.165, 1.54) is 12.1 Å². The molecule has 1 fully saturated rings. The third kappa shape index (κ3) is 2.83. The second-order valence-corrected chi connectivity index (χ2v) is 4.15. The van der Waals surface area contributed by atoms with Crippen LogP contribution in [0.15, 0.2) is 18.2 Å². The van der Waals surface area contributed by atoms with Gasteiger partial charge in [-0.15, -0.1) is 0 Å². The van der Waals surface area contributed by atoms with Gasteiger partial charge in [-0.1, -0.05) is 11.6 Å². The number of hydrogen-bond acceptors (Lipinski definition) is 2. The van der Waals surface area contributed by atoms with Gasteiger partial charge in [0.15, 0.2) is 0 Å². The van der Waals surface area contributed by atoms with Gasteiger partial charge in [-0.25, -0.2) is 4.39 Å². The Hall–Kier alpha value is -0.800. The van der Waals surface area contributed by atoms with Gasteiger partial charge < -0.3 is 10.1 Å². The minimum absolute atomic E-state index is 0.108. The molecule has 0 amide bonds. The Bertz CT molecular complexity index is 339. The van der Waals surface area contributed by atoms with Crippen LogP contribution < -0.4 is 10.1 Å². The summed E-state index contributed by atoms with van der Waals surface area (Å²) in [5.74, 6) is 0.772. The Kier molecular flexibility index (Phi) is 3.44. The summed E-state index contributed by atoms with van der Waals surface area (Å²) in [6.07, 6.45) is 1.13. The molecular formula is C11H13ClFNO. The molecule has 2 rings (SSSR count). The number of benzene rings is 1. The summed E-state index contributed by atoms with van der Waals surface area (Å²) in [4.78, 5) is 0. The van der Waals surface area contributed by atoms with Crippen LogP contribution in [0.2, 0.25) is 5.02 Å². The first-order chi connectivity index (χ1) is 7.25. The van der Waals surface area contributed by atoms with Crippen molar-refractivity contribution in [3.05, 3.63) is 29.0 Å². The monoisotopic (exact) mass is 229 g/mol. The molecule has 2 nitrogen and oxygen atoms in total. The molecule has 0 radical (unpaired) electrons. The topological polar surface area (TPSA) is 21.3 Å². The molecule has 1 aliphatic rings. The van der Waals surface area contributed by atoms with Crippen LogP contribution in [0.1, 0.15) is 6.42 Å². The van der Waals surface area contributed by atoms with Crippen molar-refractivity contribution in [1.29, 1.82) is 0 Å². The molecule has 15 heavy (non-hydrogen) atoms. The van der Waals surface area contributed by atoms with Gasteiger partial charge in [0.05, 0.1) is 11.6 Å². The third-order valence-electron chi connectivity index (χ3n) is 2.54. The lowest BCUT2D eigenvalue weighted by Gasteiger charge is -2.10. The zero-order chi connectivity index (χ0) is 10.7. The molecule has 1 aromatic carbocycles. The summed E-state index contributed by atoms with van der Waals surface area (Å²) < 4.78 is 18.4. The molecule has 0 aliphatic carbocycles. The number of ether oxygens (including phenoxy) is 1. The van der Waals surface area contributed by atoms with E-state index >= 15 is 0 Å². The molecule has 82 valence electrons. The van der Waals surface area contributed by atoms with Crippen LogP contribution in [0.25, 0.3) is 0 Å². The Labute approximate surface area is 93.4 Å². The molecule has 1 saturated heterocycles. The number of hydrogen-bond donors (Lipinski definition) is 1. The van der Waals surface area contributed by atoms with Crippen molar-refractivity contribution in [2.75, 3.05) is 19.7 Å². The Morgan fingerprint density at radius 3 is 3.07 bits per heavy atom. The minimum Gasteiger partial charge on any atom is -0.493 e. The summed E-state index contributed by atoms with van der Waals surface area (Å²) in [5, 5.41) is 3.37. The molecule has 1 aliphatic heterocycles. The van der Waals surface area contributed by atoms with Crippen molar-refractivity contribution in [2.24, 2.45) is 5.92 Å². The first-order valence-electron chi connectivity index (χ1n) is 5.04. The van der Waals surface area contributed by atoms with Crippen LogP contribution in [-0.4, -0.2) is 19.7 Å². The van der Waals surface area contributed by atoms with E-state index in [4.69, 9.17) is 16.3 Å². The maximum Gasteiger partial charge on any atom is 0.142 e. The number of rotatable bonds is 3. The molecule has 0 bridgehead atoms. The first-order valence-corrected chi connectivity index (χ1v) is 5.42. The predicted molar refractivity (Wildman–Crippen MR) is 57.9 cm³/mol. The van der Waals surface area contributed by atoms with Crippen LogP contribution in [0.4, 0.5) is 4.39 Å². The summed E-state index contributed by atoms with van der Waals surface area (Å²) in [6.45, 7) is 2.71. The maximum absolute atomic E-state index is 12.8. The highest BCUT2D eigenvalue weighted by Gasteiger charge is 2.15. The lowest BCUT2D eigenvalue weighted by molar-refractivity contribution is 0.260. The van der Waals surface area contributed by atoms with Crippen molar-refractivity contribution in [3.63, 3.8) is 0 Å². The van der Waals surface area contributed by atoms with E-state index in [1.54, 1.807) is 6.07 Å². The van der Waals surface area contributed by atoms with Crippen molar-refractivity contribution in [1.82, 2.24) is 5.32 Å². The highest BCUT2D eigenvalue weighted by atomic mass is 35.5. The van der Waals surface area contributed by atoms with E-state index in [2.05, 4.69) is 5.32 Å². The molecule has 0 saturated carbocycles. The Morgan fingerprint density at radius 2 is 2.40 bits per heavy atom. The Morgan fingerprint density at radius 1 is 1.53 bits per heavy atom. The highest BCUT2D eigenvalue weighted by molar-refractivity contribution is 6.30. The fourth-order valence-electron chi connectivity index (χ4n) is 1.64. The molecule has 0 aromatic heterocycles. The van der Waals surface area contributed by atoms with Crippen LogP contribution >= 0.6 is 11.6 Å². The molecule has 1 N–H and O–H groups in total. The van der Waals surface area contributed by atoms with Gasteiger partial charge in [0.1, 0.15) is 11.6 Å². The Balaban J connectivity index is 1.90. The fraction of sp³-hybridized carbons (Fsp3) is 0.455. The SMILES string of the molecule is Fc1ccc(OCC2CCNC2)cc1Cl. The molecule has 1 heterocycles. The molecule has 0 spiro atoms. The van der Waals surface area contributed by atoms with E-state index in [0.29, 0.717) is 18.3 Å². The minimum atomic E-state index is -0.411. The molecule has 1 unspecified atom stereocenters. The van der Waals surface area contributed by atoms with Gasteiger partial charge in [0.2, 0.25) is 0 Å². The second-order valence-electron chi connectivity index (χ2n) is 3.75. The summed E-state index contributed by atoms with van der Waals surface area (Å²) in [5.41, 5.74) is 0. The zero-order valence-corrected chi connectivity index (χ0v) is 9.06. The van der Waals surface area contributed by atoms with Gasteiger partial charge in [-0.2, -0.15) is 0 Å². The van der Waals surface area contributed by atoms with Crippen molar-refractivity contribution in [3.8, 4) is 5.75 Å². The van der Waals surface area contributed by atoms with Gasteiger partial charge in [0, 0.05) is 18.5 Å². The van der Waals surface area contributed by atoms with Gasteiger partial charge in [0.25, 0.3) is 0 Å². The van der Waals surface area contributed by atoms with Gasteiger partial charge >= 0.3 is 0 Å². The maximum atomic E-state index is 12.8. The highest BCUT2D eigenvalue weighted by Crippen LogP contribution is 2.22. The smallest absolute Gasteiger partial charge is 0.142 e. The van der Waals surface area contributed by atoms with Crippen LogP contribution in [0.5, 0.6) is 5.75 Å². The lowest BCUT2D eigenvalue weighted by Crippen LogP contribution is -2.15. The van der Waals surface area contributed by atoms with Gasteiger partial charge in [-0.05, 0) is 25.1 Å². The third-order valence-corrected chi connectivity index (χ3v) is 2.83. The summed E-state index contributed by atoms with van der Waals surface area (Å²) in [6, 6.07) is 4.44. The molecule has 1 atom stereocenters. The first kappa shape index (κ1) is 10.7. The average molecular weight is 230 g/mol. The largest absolute Gasteiger partial charge is 0.493 e. The standard InChI is InChI=1S/C11H13ClFNO/c12-10-5-9(1-2-11(10)13)15-7-8-3-4-14-6-8/h1-2,5,8,14H,3-4,6-7H2. The van der Waals surface area contributed by atoms with E-state index in [-0.39, 0.29) is 5.02 Å². The predicted octanol–water partition coefficient (Wildman–Crippen LogP) is 2.47. The summed E-state index contributed by atoms with van der Waals surface area (Å²) in [7, 11) is 0. The van der Waals surface area contributed by atoms with E-state index in [1.807, 2.05) is 0 Å². The number of nitrogens with one attached hydrogen (secondary N) is 1. The average Bonchev–Trinajstić information content (AvgIpc) is 2.73. The number of halogens is 2. The van der Waals surface area contributed by atoms with E-state index in [0.717, 1.165) is 19.5 Å². The van der Waals surface area contributed by atoms with Crippen molar-refractivity contribution in [2.45, 2.75) is 6.42 Å². The summed E-state index contributed by atoms with van der Waals surface area (Å²) >= 11 is 5.64. The lowest BCUT2D eigenvalue weighted by atomic mass is 10.1. The van der Waals surface area contributed by atoms with Crippen molar-refractivity contribution < 1.29 is 9.13 Å². The van der Waals surface area contributed by atoms with Crippen LogP contribution in [0, 0.1) is 11.7 Å². The quantitative estimate of drug-likeness (QED) is 0.860. The molecule has 1 aromatic rings. The zero-order valence-electron chi connectivity index (χ0n) is 8.30. The second kappa shape index (κ2) is 4.81. The molecular weight excluding hydrogens is 217 g/mol. The van der Waals surface area contributed by atoms with Crippen molar-refractivity contribution >= 4 is 11.6 Å². The fourth-order valence-corrected chi connectivity index (χ4v) is 1.81. The van der Waals surface area contributed by atoms with Crippen LogP contribution in [-0.2, 0) is 0 Å². The van der Waals surface area contributed by atoms with E-state index in [9.17, 15) is 4.39 Å². The van der Waals surface area contributed by atoms with Gasteiger partial charge in [-0.3, -0.25) is 0 Å².